The summed E-state index contributed by atoms with van der Waals surface area (Å²) in [5.41, 5.74) is 0. The van der Waals surface area contributed by atoms with Crippen LogP contribution in [0.1, 0.15) is 0 Å². The van der Waals surface area contributed by atoms with Crippen LogP contribution in [0.3, 0.4) is 0 Å². The van der Waals surface area contributed by atoms with E-state index in [-0.39, 0.29) is 0 Å². The number of fused-ring (bicyclic) bond motifs is 1. The molecule has 0 aliphatic carbocycles. The van der Waals surface area contributed by atoms with Crippen molar-refractivity contribution in [2.75, 3.05) is 0 Å². The normalized spacial score (nSPS) is 11.0. The largest absolute Gasteiger partial charge is 0.329 e. The minimum absolute atomic E-state index is 1.11. The second kappa shape index (κ2) is 2.07. The molecule has 0 aromatic carbocycles. The van der Waals surface area contributed by atoms with Crippen LogP contribution in [-0.2, 0) is 7.05 Å². The summed E-state index contributed by atoms with van der Waals surface area (Å²) in [5.74, 6) is 0. The lowest BCUT2D eigenvalue weighted by molar-refractivity contribution is 0.949. The van der Waals surface area contributed by atoms with Gasteiger partial charge in [-0.1, -0.05) is 0 Å². The van der Waals surface area contributed by atoms with E-state index in [9.17, 15) is 0 Å². The molecular formula is C6H5BrN2S. The topological polar surface area (TPSA) is 17.8 Å². The van der Waals surface area contributed by atoms with Gasteiger partial charge in [-0.2, -0.15) is 4.37 Å². The zero-order valence-electron chi connectivity index (χ0n) is 5.34. The number of aryl methyl sites for hydroxylation is 1. The fourth-order valence-electron chi connectivity index (χ4n) is 0.917. The number of nitrogens with zero attached hydrogens (tertiary/aromatic N) is 2. The van der Waals surface area contributed by atoms with Crippen LogP contribution in [0.2, 0.25) is 0 Å². The Hall–Kier alpha value is -0.350. The molecule has 2 aromatic heterocycles. The van der Waals surface area contributed by atoms with Gasteiger partial charge in [0.15, 0.2) is 0 Å². The molecule has 0 saturated carbocycles. The first-order valence-corrected chi connectivity index (χ1v) is 4.41. The summed E-state index contributed by atoms with van der Waals surface area (Å²) in [5, 5.41) is 1.21. The van der Waals surface area contributed by atoms with Crippen LogP contribution in [0.5, 0.6) is 0 Å². The van der Waals surface area contributed by atoms with Crippen LogP contribution in [0.25, 0.3) is 10.2 Å². The standard InChI is InChI=1S/C6H5BrN2S/c1-9-5(7)2-4-3-8-10-6(4)9/h2-3H,1H3. The van der Waals surface area contributed by atoms with E-state index in [4.69, 9.17) is 0 Å². The van der Waals surface area contributed by atoms with E-state index in [0.29, 0.717) is 0 Å². The van der Waals surface area contributed by atoms with E-state index >= 15 is 0 Å². The van der Waals surface area contributed by atoms with E-state index in [0.717, 1.165) is 4.60 Å². The summed E-state index contributed by atoms with van der Waals surface area (Å²) in [6, 6.07) is 2.07. The van der Waals surface area contributed by atoms with Crippen molar-refractivity contribution in [2.45, 2.75) is 0 Å². The van der Waals surface area contributed by atoms with E-state index in [1.807, 2.05) is 13.2 Å². The molecule has 2 heterocycles. The van der Waals surface area contributed by atoms with Gasteiger partial charge in [0.1, 0.15) is 4.83 Å². The highest BCUT2D eigenvalue weighted by atomic mass is 79.9. The highest BCUT2D eigenvalue weighted by Crippen LogP contribution is 2.24. The lowest BCUT2D eigenvalue weighted by Gasteiger charge is -1.90. The van der Waals surface area contributed by atoms with Gasteiger partial charge in [0, 0.05) is 12.4 Å². The first kappa shape index (κ1) is 6.37. The molecule has 0 atom stereocenters. The van der Waals surface area contributed by atoms with Crippen LogP contribution < -0.4 is 0 Å². The smallest absolute Gasteiger partial charge is 0.123 e. The first-order chi connectivity index (χ1) is 4.79. The van der Waals surface area contributed by atoms with Crippen LogP contribution in [0.15, 0.2) is 16.9 Å². The molecule has 52 valence electrons. The van der Waals surface area contributed by atoms with E-state index < -0.39 is 0 Å². The zero-order valence-corrected chi connectivity index (χ0v) is 7.74. The molecule has 4 heteroatoms. The van der Waals surface area contributed by atoms with Gasteiger partial charge in [-0.25, -0.2) is 0 Å². The number of halogens is 1. The molecule has 0 N–H and O–H groups in total. The molecule has 2 aromatic rings. The second-order valence-corrected chi connectivity index (χ2v) is 3.70. The Morgan fingerprint density at radius 1 is 1.70 bits per heavy atom. The van der Waals surface area contributed by atoms with Crippen molar-refractivity contribution in [3.63, 3.8) is 0 Å². The quantitative estimate of drug-likeness (QED) is 0.662. The van der Waals surface area contributed by atoms with Crippen LogP contribution in [0.4, 0.5) is 0 Å². The lowest BCUT2D eigenvalue weighted by atomic mass is 10.5. The summed E-state index contributed by atoms with van der Waals surface area (Å²) in [7, 11) is 2.02. The fraction of sp³-hybridized carbons (Fsp3) is 0.167. The maximum atomic E-state index is 4.06. The predicted molar refractivity (Wildman–Crippen MR) is 46.3 cm³/mol. The summed E-state index contributed by atoms with van der Waals surface area (Å²) in [6.07, 6.45) is 1.88. The number of hydrogen-bond donors (Lipinski definition) is 0. The van der Waals surface area contributed by atoms with Gasteiger partial charge >= 0.3 is 0 Å². The Kier molecular flexibility index (Phi) is 1.32. The Morgan fingerprint density at radius 2 is 2.50 bits per heavy atom. The molecule has 2 nitrogen and oxygen atoms in total. The molecule has 0 spiro atoms. The third-order valence-corrected chi connectivity index (χ3v) is 3.13. The predicted octanol–water partition coefficient (Wildman–Crippen LogP) is 2.40. The molecule has 0 bridgehead atoms. The SMILES string of the molecule is Cn1c(Br)cc2cnsc21. The van der Waals surface area contributed by atoms with Crippen molar-refractivity contribution in [2.24, 2.45) is 7.05 Å². The molecular weight excluding hydrogens is 212 g/mol. The Bertz CT molecular complexity index is 363. The lowest BCUT2D eigenvalue weighted by Crippen LogP contribution is -1.82. The number of hydrogen-bond acceptors (Lipinski definition) is 2. The summed E-state index contributed by atoms with van der Waals surface area (Å²) < 4.78 is 7.25. The minimum atomic E-state index is 1.11. The van der Waals surface area contributed by atoms with Gasteiger partial charge in [-0.05, 0) is 33.5 Å². The van der Waals surface area contributed by atoms with Crippen molar-refractivity contribution >= 4 is 37.7 Å². The zero-order chi connectivity index (χ0) is 7.14. The van der Waals surface area contributed by atoms with Gasteiger partial charge in [-0.15, -0.1) is 0 Å². The van der Waals surface area contributed by atoms with Gasteiger partial charge < -0.3 is 4.57 Å². The highest BCUT2D eigenvalue weighted by molar-refractivity contribution is 9.10. The third kappa shape index (κ3) is 0.722. The summed E-state index contributed by atoms with van der Waals surface area (Å²) >= 11 is 4.95. The second-order valence-electron chi connectivity index (χ2n) is 2.11. The molecule has 0 fully saturated rings. The number of aromatic nitrogens is 2. The molecule has 0 saturated heterocycles. The van der Waals surface area contributed by atoms with E-state index in [2.05, 4.69) is 30.9 Å². The summed E-state index contributed by atoms with van der Waals surface area (Å²) in [4.78, 5) is 1.21. The molecule has 0 aliphatic rings. The van der Waals surface area contributed by atoms with Crippen molar-refractivity contribution < 1.29 is 0 Å². The van der Waals surface area contributed by atoms with E-state index in [1.165, 1.54) is 21.7 Å². The van der Waals surface area contributed by atoms with E-state index in [1.54, 1.807) is 0 Å². The van der Waals surface area contributed by atoms with Gasteiger partial charge in [0.2, 0.25) is 0 Å². The van der Waals surface area contributed by atoms with Gasteiger partial charge in [0.25, 0.3) is 0 Å². The average Bonchev–Trinajstić information content (AvgIpc) is 2.41. The van der Waals surface area contributed by atoms with Crippen LogP contribution >= 0.6 is 27.5 Å². The monoisotopic (exact) mass is 216 g/mol. The molecule has 10 heavy (non-hydrogen) atoms. The Morgan fingerprint density at radius 3 is 3.20 bits per heavy atom. The average molecular weight is 217 g/mol. The van der Waals surface area contributed by atoms with Gasteiger partial charge in [-0.3, -0.25) is 0 Å². The van der Waals surface area contributed by atoms with Crippen molar-refractivity contribution in [1.29, 1.82) is 0 Å². The molecule has 0 unspecified atom stereocenters. The Labute approximate surface area is 70.8 Å². The highest BCUT2D eigenvalue weighted by Gasteiger charge is 2.03. The number of rotatable bonds is 0. The fourth-order valence-corrected chi connectivity index (χ4v) is 2.16. The molecule has 0 aliphatic heterocycles. The van der Waals surface area contributed by atoms with Gasteiger partial charge in [0.05, 0.1) is 10.8 Å². The van der Waals surface area contributed by atoms with Crippen molar-refractivity contribution in [3.8, 4) is 0 Å². The first-order valence-electron chi connectivity index (χ1n) is 2.84. The van der Waals surface area contributed by atoms with Crippen LogP contribution in [0, 0.1) is 0 Å². The molecule has 0 radical (unpaired) electrons. The van der Waals surface area contributed by atoms with Crippen LogP contribution in [-0.4, -0.2) is 8.94 Å². The van der Waals surface area contributed by atoms with Crippen molar-refractivity contribution in [1.82, 2.24) is 8.94 Å². The third-order valence-electron chi connectivity index (χ3n) is 1.48. The Balaban J connectivity index is 2.95. The molecule has 2 rings (SSSR count). The minimum Gasteiger partial charge on any atom is -0.329 e. The maximum Gasteiger partial charge on any atom is 0.123 e. The molecule has 0 amide bonds. The summed E-state index contributed by atoms with van der Waals surface area (Å²) in [6.45, 7) is 0. The maximum absolute atomic E-state index is 4.06. The van der Waals surface area contributed by atoms with Crippen molar-refractivity contribution in [3.05, 3.63) is 16.9 Å².